The lowest BCUT2D eigenvalue weighted by Crippen LogP contribution is -2.33. The molecule has 0 saturated carbocycles. The highest BCUT2D eigenvalue weighted by Gasteiger charge is 2.38. The van der Waals surface area contributed by atoms with Gasteiger partial charge in [-0.3, -0.25) is 14.5 Å². The Kier molecular flexibility index (Phi) is 6.54. The molecule has 0 spiro atoms. The van der Waals surface area contributed by atoms with Crippen molar-refractivity contribution in [3.63, 3.8) is 0 Å². The summed E-state index contributed by atoms with van der Waals surface area (Å²) in [6.45, 7) is 10.1. The fourth-order valence-electron chi connectivity index (χ4n) is 3.07. The number of hydrogen-bond acceptors (Lipinski definition) is 4. The molecule has 1 N–H and O–H groups in total. The standard InChI is InChI=1S/C23H25N3O2S/c1-5-13-26-22(28)20(29-23(26)25-18-11-7-6-9-16(18)3)14-21(27)24-19-12-8-10-15(2)17(19)4/h5-12,20H,1,13-14H2,2-4H3,(H,24,27)/t20-/m1/s1. The van der Waals surface area contributed by atoms with Gasteiger partial charge >= 0.3 is 0 Å². The number of carbonyl (C=O) groups excluding carboxylic acids is 2. The number of rotatable bonds is 6. The Morgan fingerprint density at radius 1 is 1.17 bits per heavy atom. The summed E-state index contributed by atoms with van der Waals surface area (Å²) in [6.07, 6.45) is 1.77. The van der Waals surface area contributed by atoms with E-state index in [1.807, 2.05) is 63.2 Å². The van der Waals surface area contributed by atoms with Gasteiger partial charge in [0, 0.05) is 18.7 Å². The molecule has 0 aliphatic carbocycles. The molecular formula is C23H25N3O2S. The second-order valence-electron chi connectivity index (χ2n) is 7.02. The third kappa shape index (κ3) is 4.77. The van der Waals surface area contributed by atoms with Crippen LogP contribution < -0.4 is 5.32 Å². The highest BCUT2D eigenvalue weighted by molar-refractivity contribution is 8.15. The molecule has 0 bridgehead atoms. The van der Waals surface area contributed by atoms with Crippen LogP contribution in [-0.2, 0) is 9.59 Å². The molecule has 1 atom stereocenters. The minimum Gasteiger partial charge on any atom is -0.326 e. The molecule has 1 heterocycles. The van der Waals surface area contributed by atoms with Crippen molar-refractivity contribution in [1.29, 1.82) is 0 Å². The molecule has 1 fully saturated rings. The first kappa shape index (κ1) is 20.9. The molecule has 0 radical (unpaired) electrons. The van der Waals surface area contributed by atoms with Crippen molar-refractivity contribution >= 4 is 40.1 Å². The SMILES string of the molecule is C=CCN1C(=O)[C@@H](CC(=O)Nc2cccc(C)c2C)SC1=Nc1ccccc1C. The van der Waals surface area contributed by atoms with Gasteiger partial charge in [0.05, 0.1) is 5.69 Å². The number of benzene rings is 2. The van der Waals surface area contributed by atoms with E-state index in [4.69, 9.17) is 0 Å². The molecule has 2 aromatic rings. The third-order valence-corrected chi connectivity index (χ3v) is 6.09. The van der Waals surface area contributed by atoms with Gasteiger partial charge in [-0.1, -0.05) is 48.2 Å². The van der Waals surface area contributed by atoms with Crippen LogP contribution in [0.3, 0.4) is 0 Å². The number of anilines is 1. The third-order valence-electron chi connectivity index (χ3n) is 4.91. The van der Waals surface area contributed by atoms with E-state index in [0.717, 1.165) is 28.1 Å². The number of nitrogens with zero attached hydrogens (tertiary/aromatic N) is 2. The Morgan fingerprint density at radius 2 is 1.90 bits per heavy atom. The van der Waals surface area contributed by atoms with Crippen molar-refractivity contribution in [3.8, 4) is 0 Å². The first-order chi connectivity index (χ1) is 13.9. The van der Waals surface area contributed by atoms with Gasteiger partial charge in [0.15, 0.2) is 5.17 Å². The van der Waals surface area contributed by atoms with E-state index in [1.165, 1.54) is 11.8 Å². The maximum absolute atomic E-state index is 12.9. The van der Waals surface area contributed by atoms with Crippen LogP contribution in [0.4, 0.5) is 11.4 Å². The first-order valence-corrected chi connectivity index (χ1v) is 10.4. The van der Waals surface area contributed by atoms with Crippen LogP contribution in [0, 0.1) is 20.8 Å². The van der Waals surface area contributed by atoms with Crippen LogP contribution in [-0.4, -0.2) is 33.7 Å². The number of amidine groups is 1. The van der Waals surface area contributed by atoms with Crippen LogP contribution in [0.2, 0.25) is 0 Å². The highest BCUT2D eigenvalue weighted by atomic mass is 32.2. The first-order valence-electron chi connectivity index (χ1n) is 9.50. The van der Waals surface area contributed by atoms with Crippen molar-refractivity contribution in [3.05, 3.63) is 71.8 Å². The van der Waals surface area contributed by atoms with Crippen LogP contribution in [0.25, 0.3) is 0 Å². The smallest absolute Gasteiger partial charge is 0.242 e. The molecule has 29 heavy (non-hydrogen) atoms. The number of aryl methyl sites for hydroxylation is 2. The van der Waals surface area contributed by atoms with Crippen LogP contribution in [0.15, 0.2) is 60.1 Å². The van der Waals surface area contributed by atoms with Crippen LogP contribution in [0.5, 0.6) is 0 Å². The van der Waals surface area contributed by atoms with Gasteiger partial charge in [0.25, 0.3) is 0 Å². The average Bonchev–Trinajstić information content (AvgIpc) is 2.96. The second-order valence-corrected chi connectivity index (χ2v) is 8.19. The Balaban J connectivity index is 1.77. The van der Waals surface area contributed by atoms with Crippen molar-refractivity contribution in [2.45, 2.75) is 32.4 Å². The minimum atomic E-state index is -0.497. The molecular weight excluding hydrogens is 382 g/mol. The summed E-state index contributed by atoms with van der Waals surface area (Å²) in [5, 5.41) is 3.04. The van der Waals surface area contributed by atoms with Crippen molar-refractivity contribution in [1.82, 2.24) is 4.90 Å². The second kappa shape index (κ2) is 9.09. The van der Waals surface area contributed by atoms with E-state index < -0.39 is 5.25 Å². The normalized spacial score (nSPS) is 17.6. The summed E-state index contributed by atoms with van der Waals surface area (Å²) in [5.74, 6) is -0.293. The van der Waals surface area contributed by atoms with E-state index in [2.05, 4.69) is 16.9 Å². The molecule has 1 saturated heterocycles. The van der Waals surface area contributed by atoms with E-state index >= 15 is 0 Å². The molecule has 1 aliphatic rings. The minimum absolute atomic E-state index is 0.0946. The highest BCUT2D eigenvalue weighted by Crippen LogP contribution is 2.32. The molecule has 3 rings (SSSR count). The monoisotopic (exact) mass is 407 g/mol. The number of aliphatic imine (C=N–C) groups is 1. The number of para-hydroxylation sites is 1. The van der Waals surface area contributed by atoms with Crippen molar-refractivity contribution in [2.24, 2.45) is 4.99 Å². The summed E-state index contributed by atoms with van der Waals surface area (Å²) >= 11 is 1.33. The van der Waals surface area contributed by atoms with E-state index in [-0.39, 0.29) is 18.2 Å². The summed E-state index contributed by atoms with van der Waals surface area (Å²) in [7, 11) is 0. The number of amides is 2. The van der Waals surface area contributed by atoms with Gasteiger partial charge in [-0.2, -0.15) is 0 Å². The maximum atomic E-state index is 12.9. The van der Waals surface area contributed by atoms with Crippen molar-refractivity contribution < 1.29 is 9.59 Å². The molecule has 150 valence electrons. The molecule has 2 aromatic carbocycles. The van der Waals surface area contributed by atoms with Crippen molar-refractivity contribution in [2.75, 3.05) is 11.9 Å². The molecule has 5 nitrogen and oxygen atoms in total. The maximum Gasteiger partial charge on any atom is 0.242 e. The number of hydrogen-bond donors (Lipinski definition) is 1. The lowest BCUT2D eigenvalue weighted by molar-refractivity contribution is -0.127. The average molecular weight is 408 g/mol. The Bertz CT molecular complexity index is 984. The van der Waals surface area contributed by atoms with Gasteiger partial charge < -0.3 is 5.32 Å². The Hall–Kier alpha value is -2.86. The Morgan fingerprint density at radius 3 is 2.62 bits per heavy atom. The predicted octanol–water partition coefficient (Wildman–Crippen LogP) is 4.76. The van der Waals surface area contributed by atoms with E-state index in [0.29, 0.717) is 11.7 Å². The lowest BCUT2D eigenvalue weighted by Gasteiger charge is -2.14. The van der Waals surface area contributed by atoms with Gasteiger partial charge in [0.1, 0.15) is 5.25 Å². The van der Waals surface area contributed by atoms with Gasteiger partial charge in [-0.25, -0.2) is 4.99 Å². The quantitative estimate of drug-likeness (QED) is 0.703. The van der Waals surface area contributed by atoms with Gasteiger partial charge in [-0.15, -0.1) is 6.58 Å². The fourth-order valence-corrected chi connectivity index (χ4v) is 4.23. The number of thioether (sulfide) groups is 1. The number of carbonyl (C=O) groups is 2. The Labute approximate surface area is 175 Å². The molecule has 0 unspecified atom stereocenters. The molecule has 1 aliphatic heterocycles. The zero-order valence-corrected chi connectivity index (χ0v) is 17.8. The summed E-state index contributed by atoms with van der Waals surface area (Å²) < 4.78 is 0. The fraction of sp³-hybridized carbons (Fsp3) is 0.261. The zero-order chi connectivity index (χ0) is 21.0. The van der Waals surface area contributed by atoms with Crippen LogP contribution >= 0.6 is 11.8 Å². The molecule has 0 aromatic heterocycles. The summed E-state index contributed by atoms with van der Waals surface area (Å²) in [5.41, 5.74) is 4.77. The van der Waals surface area contributed by atoms with E-state index in [9.17, 15) is 9.59 Å². The molecule has 2 amide bonds. The summed E-state index contributed by atoms with van der Waals surface area (Å²) in [6, 6.07) is 13.6. The zero-order valence-electron chi connectivity index (χ0n) is 16.9. The van der Waals surface area contributed by atoms with E-state index in [1.54, 1.807) is 11.0 Å². The van der Waals surface area contributed by atoms with Gasteiger partial charge in [-0.05, 0) is 49.6 Å². The predicted molar refractivity (Wildman–Crippen MR) is 121 cm³/mol. The topological polar surface area (TPSA) is 61.8 Å². The van der Waals surface area contributed by atoms with Crippen LogP contribution in [0.1, 0.15) is 23.1 Å². The largest absolute Gasteiger partial charge is 0.326 e. The van der Waals surface area contributed by atoms with Gasteiger partial charge in [0.2, 0.25) is 11.8 Å². The summed E-state index contributed by atoms with van der Waals surface area (Å²) in [4.78, 5) is 31.8. The number of nitrogens with one attached hydrogen (secondary N) is 1. The lowest BCUT2D eigenvalue weighted by atomic mass is 10.1. The molecule has 6 heteroatoms.